The highest BCUT2D eigenvalue weighted by molar-refractivity contribution is 4.74. The summed E-state index contributed by atoms with van der Waals surface area (Å²) in [7, 11) is 0. The fourth-order valence-corrected chi connectivity index (χ4v) is 1.47. The average molecular weight is 161 g/mol. The van der Waals surface area contributed by atoms with Crippen LogP contribution in [0.25, 0.3) is 0 Å². The predicted molar refractivity (Wildman–Crippen MR) is 42.2 cm³/mol. The van der Waals surface area contributed by atoms with E-state index in [0.717, 1.165) is 25.7 Å². The molecule has 0 aliphatic heterocycles. The summed E-state index contributed by atoms with van der Waals surface area (Å²) in [4.78, 5) is 0. The fourth-order valence-electron chi connectivity index (χ4n) is 1.47. The number of hydrogen-bond acceptors (Lipinski definition) is 2. The van der Waals surface area contributed by atoms with Gasteiger partial charge in [0, 0.05) is 6.04 Å². The van der Waals surface area contributed by atoms with Crippen LogP contribution in [0.3, 0.4) is 0 Å². The molecule has 66 valence electrons. The van der Waals surface area contributed by atoms with Crippen molar-refractivity contribution >= 4 is 0 Å². The summed E-state index contributed by atoms with van der Waals surface area (Å²) in [5, 5.41) is 0. The zero-order valence-corrected chi connectivity index (χ0v) is 6.76. The van der Waals surface area contributed by atoms with Gasteiger partial charge in [0.1, 0.15) is 6.67 Å². The minimum absolute atomic E-state index is 0.250. The van der Waals surface area contributed by atoms with Gasteiger partial charge in [0.15, 0.2) is 0 Å². The van der Waals surface area contributed by atoms with Gasteiger partial charge in [0.2, 0.25) is 0 Å². The Morgan fingerprint density at radius 2 is 1.91 bits per heavy atom. The first-order chi connectivity index (χ1) is 5.33. The van der Waals surface area contributed by atoms with Crippen molar-refractivity contribution in [3.05, 3.63) is 0 Å². The van der Waals surface area contributed by atoms with E-state index in [2.05, 4.69) is 0 Å². The van der Waals surface area contributed by atoms with E-state index in [1.165, 1.54) is 0 Å². The Kier molecular flexibility index (Phi) is 3.80. The lowest BCUT2D eigenvalue weighted by molar-refractivity contribution is 0.0184. The van der Waals surface area contributed by atoms with Gasteiger partial charge in [0.25, 0.3) is 0 Å². The smallest absolute Gasteiger partial charge is 0.113 e. The predicted octanol–water partition coefficient (Wildman–Crippen LogP) is 1.24. The SMILES string of the molecule is NC1CCC(OCCF)CC1. The Hall–Kier alpha value is -0.150. The molecule has 0 aromatic heterocycles. The second kappa shape index (κ2) is 4.67. The van der Waals surface area contributed by atoms with E-state index in [0.29, 0.717) is 6.04 Å². The number of hydrogen-bond donors (Lipinski definition) is 1. The van der Waals surface area contributed by atoms with Gasteiger partial charge in [-0.3, -0.25) is 0 Å². The molecule has 2 N–H and O–H groups in total. The summed E-state index contributed by atoms with van der Waals surface area (Å²) < 4.78 is 16.9. The standard InChI is InChI=1S/C8H16FNO/c9-5-6-11-8-3-1-7(10)2-4-8/h7-8H,1-6,10H2. The third-order valence-corrected chi connectivity index (χ3v) is 2.15. The number of ether oxygens (including phenoxy) is 1. The van der Waals surface area contributed by atoms with E-state index in [1.54, 1.807) is 0 Å². The third-order valence-electron chi connectivity index (χ3n) is 2.15. The van der Waals surface area contributed by atoms with Crippen LogP contribution in [0.15, 0.2) is 0 Å². The molecule has 0 unspecified atom stereocenters. The molecule has 1 fully saturated rings. The van der Waals surface area contributed by atoms with E-state index in [4.69, 9.17) is 10.5 Å². The van der Waals surface area contributed by atoms with Crippen LogP contribution < -0.4 is 5.73 Å². The molecule has 2 nitrogen and oxygen atoms in total. The minimum atomic E-state index is -0.372. The Bertz CT molecular complexity index is 99.5. The Balaban J connectivity index is 2.07. The zero-order chi connectivity index (χ0) is 8.10. The van der Waals surface area contributed by atoms with Crippen LogP contribution in [-0.4, -0.2) is 25.4 Å². The normalized spacial score (nSPS) is 32.2. The monoisotopic (exact) mass is 161 g/mol. The second-order valence-corrected chi connectivity index (χ2v) is 3.10. The molecule has 0 spiro atoms. The Labute approximate surface area is 66.9 Å². The number of nitrogens with two attached hydrogens (primary N) is 1. The largest absolute Gasteiger partial charge is 0.376 e. The first-order valence-electron chi connectivity index (χ1n) is 4.26. The van der Waals surface area contributed by atoms with E-state index >= 15 is 0 Å². The molecule has 1 rings (SSSR count). The first kappa shape index (κ1) is 8.94. The van der Waals surface area contributed by atoms with Crippen LogP contribution in [0, 0.1) is 0 Å². The Morgan fingerprint density at radius 3 is 2.45 bits per heavy atom. The van der Waals surface area contributed by atoms with Crippen LogP contribution in [0.4, 0.5) is 4.39 Å². The van der Waals surface area contributed by atoms with E-state index < -0.39 is 0 Å². The summed E-state index contributed by atoms with van der Waals surface area (Å²) in [6, 6.07) is 0.347. The molecule has 0 atom stereocenters. The van der Waals surface area contributed by atoms with Crippen LogP contribution in [-0.2, 0) is 4.74 Å². The van der Waals surface area contributed by atoms with Crippen LogP contribution in [0.5, 0.6) is 0 Å². The highest BCUT2D eigenvalue weighted by Gasteiger charge is 2.18. The minimum Gasteiger partial charge on any atom is -0.376 e. The molecule has 0 bridgehead atoms. The van der Waals surface area contributed by atoms with Crippen molar-refractivity contribution < 1.29 is 9.13 Å². The molecular weight excluding hydrogens is 145 g/mol. The van der Waals surface area contributed by atoms with E-state index in [9.17, 15) is 4.39 Å². The fraction of sp³-hybridized carbons (Fsp3) is 1.00. The van der Waals surface area contributed by atoms with Gasteiger partial charge < -0.3 is 10.5 Å². The van der Waals surface area contributed by atoms with Gasteiger partial charge in [-0.25, -0.2) is 4.39 Å². The summed E-state index contributed by atoms with van der Waals surface area (Å²) in [5.74, 6) is 0. The van der Waals surface area contributed by atoms with Gasteiger partial charge in [-0.2, -0.15) is 0 Å². The van der Waals surface area contributed by atoms with Crippen LogP contribution >= 0.6 is 0 Å². The number of halogens is 1. The maximum atomic E-state index is 11.7. The van der Waals surface area contributed by atoms with Crippen molar-refractivity contribution in [3.8, 4) is 0 Å². The molecule has 0 heterocycles. The molecule has 0 aromatic carbocycles. The Morgan fingerprint density at radius 1 is 1.27 bits per heavy atom. The van der Waals surface area contributed by atoms with Crippen molar-refractivity contribution in [1.82, 2.24) is 0 Å². The zero-order valence-electron chi connectivity index (χ0n) is 6.76. The highest BCUT2D eigenvalue weighted by Crippen LogP contribution is 2.19. The van der Waals surface area contributed by atoms with E-state index in [-0.39, 0.29) is 19.4 Å². The maximum absolute atomic E-state index is 11.7. The lowest BCUT2D eigenvalue weighted by Crippen LogP contribution is -2.30. The van der Waals surface area contributed by atoms with Crippen molar-refractivity contribution in [2.45, 2.75) is 37.8 Å². The number of rotatable bonds is 3. The molecular formula is C8H16FNO. The molecule has 1 saturated carbocycles. The lowest BCUT2D eigenvalue weighted by Gasteiger charge is -2.25. The quantitative estimate of drug-likeness (QED) is 0.676. The van der Waals surface area contributed by atoms with Gasteiger partial charge >= 0.3 is 0 Å². The summed E-state index contributed by atoms with van der Waals surface area (Å²) in [5.41, 5.74) is 5.70. The molecule has 0 aromatic rings. The van der Waals surface area contributed by atoms with Gasteiger partial charge in [-0.05, 0) is 25.7 Å². The molecule has 0 saturated heterocycles. The average Bonchev–Trinajstić information content (AvgIpc) is 2.04. The van der Waals surface area contributed by atoms with E-state index in [1.807, 2.05) is 0 Å². The molecule has 3 heteroatoms. The molecule has 0 amide bonds. The maximum Gasteiger partial charge on any atom is 0.113 e. The summed E-state index contributed by atoms with van der Waals surface area (Å²) in [6.45, 7) is -0.123. The van der Waals surface area contributed by atoms with Crippen LogP contribution in [0.2, 0.25) is 0 Å². The second-order valence-electron chi connectivity index (χ2n) is 3.10. The summed E-state index contributed by atoms with van der Waals surface area (Å²) >= 11 is 0. The lowest BCUT2D eigenvalue weighted by atomic mass is 9.94. The third kappa shape index (κ3) is 3.16. The van der Waals surface area contributed by atoms with Gasteiger partial charge in [0.05, 0.1) is 12.7 Å². The highest BCUT2D eigenvalue weighted by atomic mass is 19.1. The molecule has 1 aliphatic rings. The molecule has 11 heavy (non-hydrogen) atoms. The molecule has 0 radical (unpaired) electrons. The first-order valence-corrected chi connectivity index (χ1v) is 4.26. The number of alkyl halides is 1. The van der Waals surface area contributed by atoms with Crippen molar-refractivity contribution in [2.24, 2.45) is 5.73 Å². The van der Waals surface area contributed by atoms with Crippen molar-refractivity contribution in [3.63, 3.8) is 0 Å². The van der Waals surface area contributed by atoms with Gasteiger partial charge in [-0.1, -0.05) is 0 Å². The summed E-state index contributed by atoms with van der Waals surface area (Å²) in [6.07, 6.45) is 4.32. The van der Waals surface area contributed by atoms with Crippen molar-refractivity contribution in [1.29, 1.82) is 0 Å². The van der Waals surface area contributed by atoms with Crippen LogP contribution in [0.1, 0.15) is 25.7 Å². The molecule has 1 aliphatic carbocycles. The van der Waals surface area contributed by atoms with Crippen molar-refractivity contribution in [2.75, 3.05) is 13.3 Å². The van der Waals surface area contributed by atoms with Gasteiger partial charge in [-0.15, -0.1) is 0 Å². The topological polar surface area (TPSA) is 35.2 Å².